The van der Waals surface area contributed by atoms with E-state index in [1.807, 2.05) is 0 Å². The summed E-state index contributed by atoms with van der Waals surface area (Å²) >= 11 is 0. The van der Waals surface area contributed by atoms with Gasteiger partial charge in [0.1, 0.15) is 5.75 Å². The van der Waals surface area contributed by atoms with Gasteiger partial charge in [0.15, 0.2) is 0 Å². The monoisotopic (exact) mass is 261 g/mol. The zero-order valence-corrected chi connectivity index (χ0v) is 9.83. The van der Waals surface area contributed by atoms with Gasteiger partial charge in [-0.05, 0) is 25.0 Å². The van der Waals surface area contributed by atoms with Crippen molar-refractivity contribution in [1.29, 1.82) is 0 Å². The molecule has 0 atom stereocenters. The van der Waals surface area contributed by atoms with Gasteiger partial charge in [0, 0.05) is 24.9 Å². The Morgan fingerprint density at radius 3 is 2.61 bits per heavy atom. The number of rotatable bonds is 4. The molecular weight excluding hydrogens is 247 g/mol. The maximum absolute atomic E-state index is 12.1. The second-order valence-corrected chi connectivity index (χ2v) is 4.25. The third-order valence-electron chi connectivity index (χ3n) is 2.87. The van der Waals surface area contributed by atoms with Gasteiger partial charge in [0.25, 0.3) is 0 Å². The van der Waals surface area contributed by atoms with E-state index in [9.17, 15) is 13.2 Å². The van der Waals surface area contributed by atoms with Gasteiger partial charge in [0.2, 0.25) is 0 Å². The molecule has 0 saturated heterocycles. The fraction of sp³-hybridized carbons (Fsp3) is 0.500. The minimum Gasteiger partial charge on any atom is -0.406 e. The second-order valence-electron chi connectivity index (χ2n) is 4.25. The first kappa shape index (κ1) is 13.0. The number of hydrogen-bond donors (Lipinski definition) is 1. The van der Waals surface area contributed by atoms with E-state index in [2.05, 4.69) is 10.1 Å². The van der Waals surface area contributed by atoms with Crippen LogP contribution in [0.5, 0.6) is 5.75 Å². The average molecular weight is 261 g/mol. The normalized spacial score (nSPS) is 23.3. The molecule has 1 saturated carbocycles. The molecule has 0 radical (unpaired) electrons. The maximum atomic E-state index is 12.1. The van der Waals surface area contributed by atoms with Crippen molar-refractivity contribution in [2.45, 2.75) is 31.3 Å². The third-order valence-corrected chi connectivity index (χ3v) is 2.87. The number of hydrogen-bond acceptors (Lipinski definition) is 3. The molecule has 18 heavy (non-hydrogen) atoms. The van der Waals surface area contributed by atoms with Crippen molar-refractivity contribution in [3.05, 3.63) is 24.3 Å². The van der Waals surface area contributed by atoms with Crippen molar-refractivity contribution in [3.63, 3.8) is 0 Å². The fourth-order valence-corrected chi connectivity index (χ4v) is 1.89. The van der Waals surface area contributed by atoms with Crippen LogP contribution in [0.25, 0.3) is 0 Å². The molecule has 1 aromatic rings. The summed E-state index contributed by atoms with van der Waals surface area (Å²) in [4.78, 5) is 0. The topological polar surface area (TPSA) is 30.5 Å². The van der Waals surface area contributed by atoms with Crippen molar-refractivity contribution in [2.24, 2.45) is 0 Å². The van der Waals surface area contributed by atoms with Gasteiger partial charge in [-0.3, -0.25) is 0 Å². The molecule has 0 spiro atoms. The Kier molecular flexibility index (Phi) is 3.65. The van der Waals surface area contributed by atoms with Crippen molar-refractivity contribution in [3.8, 4) is 5.75 Å². The van der Waals surface area contributed by atoms with Gasteiger partial charge in [0.05, 0.1) is 6.10 Å². The first-order valence-corrected chi connectivity index (χ1v) is 5.61. The minimum atomic E-state index is -4.66. The molecule has 1 aromatic carbocycles. The van der Waals surface area contributed by atoms with Crippen LogP contribution in [0.2, 0.25) is 0 Å². The van der Waals surface area contributed by atoms with E-state index >= 15 is 0 Å². The van der Waals surface area contributed by atoms with Crippen molar-refractivity contribution in [2.75, 3.05) is 12.4 Å². The predicted octanol–water partition coefficient (Wildman–Crippen LogP) is 3.17. The van der Waals surface area contributed by atoms with E-state index in [1.165, 1.54) is 18.2 Å². The number of anilines is 1. The van der Waals surface area contributed by atoms with Crippen LogP contribution in [0.4, 0.5) is 18.9 Å². The van der Waals surface area contributed by atoms with Crippen molar-refractivity contribution < 1.29 is 22.6 Å². The summed E-state index contributed by atoms with van der Waals surface area (Å²) in [6.45, 7) is 0. The van der Waals surface area contributed by atoms with Crippen molar-refractivity contribution >= 4 is 5.69 Å². The summed E-state index contributed by atoms with van der Waals surface area (Å²) in [5.41, 5.74) is 0.622. The Hall–Kier alpha value is -1.43. The second kappa shape index (κ2) is 5.06. The van der Waals surface area contributed by atoms with Crippen LogP contribution in [-0.2, 0) is 4.74 Å². The summed E-state index contributed by atoms with van der Waals surface area (Å²) in [5.74, 6) is -0.213. The predicted molar refractivity (Wildman–Crippen MR) is 60.6 cm³/mol. The van der Waals surface area contributed by atoms with Gasteiger partial charge < -0.3 is 14.8 Å². The Morgan fingerprint density at radius 1 is 1.28 bits per heavy atom. The highest BCUT2D eigenvalue weighted by atomic mass is 19.4. The van der Waals surface area contributed by atoms with Gasteiger partial charge in [-0.1, -0.05) is 6.07 Å². The molecule has 0 bridgehead atoms. The van der Waals surface area contributed by atoms with Crippen LogP contribution >= 0.6 is 0 Å². The average Bonchev–Trinajstić information content (AvgIpc) is 2.20. The number of alkyl halides is 3. The summed E-state index contributed by atoms with van der Waals surface area (Å²) in [6, 6.07) is 6.10. The van der Waals surface area contributed by atoms with Crippen LogP contribution < -0.4 is 10.1 Å². The first-order chi connectivity index (χ1) is 8.46. The van der Waals surface area contributed by atoms with E-state index in [4.69, 9.17) is 4.74 Å². The molecule has 0 heterocycles. The summed E-state index contributed by atoms with van der Waals surface area (Å²) in [5, 5.41) is 3.14. The lowest BCUT2D eigenvalue weighted by Gasteiger charge is -2.35. The molecule has 2 rings (SSSR count). The number of halogens is 3. The number of ether oxygens (including phenoxy) is 2. The smallest absolute Gasteiger partial charge is 0.406 e. The van der Waals surface area contributed by atoms with Gasteiger partial charge in [-0.15, -0.1) is 13.2 Å². The molecule has 100 valence electrons. The molecule has 6 heteroatoms. The molecule has 1 N–H and O–H groups in total. The van der Waals surface area contributed by atoms with Crippen LogP contribution in [-0.4, -0.2) is 25.6 Å². The quantitative estimate of drug-likeness (QED) is 0.903. The molecule has 1 aliphatic rings. The Bertz CT molecular complexity index is 403. The standard InChI is InChI=1S/C12H14F3NO2/c1-17-11-6-9(7-11)16-8-3-2-4-10(5-8)18-12(13,14)15/h2-5,9,11,16H,6-7H2,1H3. The number of methoxy groups -OCH3 is 1. The maximum Gasteiger partial charge on any atom is 0.573 e. The highest BCUT2D eigenvalue weighted by Gasteiger charge is 2.31. The first-order valence-electron chi connectivity index (χ1n) is 5.61. The Morgan fingerprint density at radius 2 is 2.00 bits per heavy atom. The fourth-order valence-electron chi connectivity index (χ4n) is 1.89. The molecule has 0 aliphatic heterocycles. The number of nitrogens with one attached hydrogen (secondary N) is 1. The Labute approximate surface area is 103 Å². The lowest BCUT2D eigenvalue weighted by atomic mass is 9.89. The van der Waals surface area contributed by atoms with E-state index in [0.29, 0.717) is 5.69 Å². The van der Waals surface area contributed by atoms with E-state index in [-0.39, 0.29) is 17.9 Å². The molecule has 3 nitrogen and oxygen atoms in total. The minimum absolute atomic E-state index is 0.213. The van der Waals surface area contributed by atoms with Crippen LogP contribution in [0, 0.1) is 0 Å². The SMILES string of the molecule is COC1CC(Nc2cccc(OC(F)(F)F)c2)C1. The van der Waals surface area contributed by atoms with Crippen LogP contribution in [0.1, 0.15) is 12.8 Å². The molecule has 0 amide bonds. The molecule has 0 aromatic heterocycles. The van der Waals surface area contributed by atoms with Gasteiger partial charge in [-0.25, -0.2) is 0 Å². The van der Waals surface area contributed by atoms with E-state index in [0.717, 1.165) is 12.8 Å². The van der Waals surface area contributed by atoms with E-state index < -0.39 is 6.36 Å². The molecule has 1 aliphatic carbocycles. The lowest BCUT2D eigenvalue weighted by Crippen LogP contribution is -2.40. The summed E-state index contributed by atoms with van der Waals surface area (Å²) in [6.07, 6.45) is -2.69. The molecule has 0 unspecified atom stereocenters. The third kappa shape index (κ3) is 3.53. The molecular formula is C12H14F3NO2. The van der Waals surface area contributed by atoms with Crippen LogP contribution in [0.3, 0.4) is 0 Å². The highest BCUT2D eigenvalue weighted by molar-refractivity contribution is 5.49. The summed E-state index contributed by atoms with van der Waals surface area (Å²) in [7, 11) is 1.65. The van der Waals surface area contributed by atoms with Gasteiger partial charge in [-0.2, -0.15) is 0 Å². The van der Waals surface area contributed by atoms with Gasteiger partial charge >= 0.3 is 6.36 Å². The summed E-state index contributed by atoms with van der Waals surface area (Å²) < 4.78 is 45.1. The lowest BCUT2D eigenvalue weighted by molar-refractivity contribution is -0.274. The zero-order chi connectivity index (χ0) is 13.2. The largest absolute Gasteiger partial charge is 0.573 e. The van der Waals surface area contributed by atoms with Crippen molar-refractivity contribution in [1.82, 2.24) is 0 Å². The number of benzene rings is 1. The molecule has 1 fully saturated rings. The highest BCUT2D eigenvalue weighted by Crippen LogP contribution is 2.29. The van der Waals surface area contributed by atoms with E-state index in [1.54, 1.807) is 13.2 Å². The van der Waals surface area contributed by atoms with Crippen LogP contribution in [0.15, 0.2) is 24.3 Å². The zero-order valence-electron chi connectivity index (χ0n) is 9.83. The Balaban J connectivity index is 1.92.